The van der Waals surface area contributed by atoms with Crippen molar-refractivity contribution in [2.24, 2.45) is 5.92 Å². The van der Waals surface area contributed by atoms with Gasteiger partial charge in [0.25, 0.3) is 0 Å². The predicted octanol–water partition coefficient (Wildman–Crippen LogP) is 4.96. The molecule has 0 unspecified atom stereocenters. The highest BCUT2D eigenvalue weighted by Gasteiger charge is 2.02. The van der Waals surface area contributed by atoms with Crippen LogP contribution >= 0.6 is 0 Å². The maximum atomic E-state index is 4.03. The normalized spacial score (nSPS) is 11.9. The molecule has 1 nitrogen and oxygen atoms in total. The van der Waals surface area contributed by atoms with Crippen LogP contribution in [0.1, 0.15) is 26.3 Å². The average molecular weight is 251 g/mol. The Labute approximate surface area is 115 Å². The lowest BCUT2D eigenvalue weighted by Crippen LogP contribution is -2.09. The minimum absolute atomic E-state index is 0.441. The van der Waals surface area contributed by atoms with Crippen molar-refractivity contribution in [3.63, 3.8) is 0 Å². The van der Waals surface area contributed by atoms with Gasteiger partial charge in [-0.15, -0.1) is 0 Å². The molecule has 0 aliphatic heterocycles. The van der Waals surface area contributed by atoms with E-state index < -0.39 is 0 Å². The molecule has 0 radical (unpaired) electrons. The molecule has 0 spiro atoms. The molecular formula is C18H21N. The molecular weight excluding hydrogens is 230 g/mol. The van der Waals surface area contributed by atoms with Crippen molar-refractivity contribution in [3.05, 3.63) is 66.5 Å². The fraction of sp³-hybridized carbons (Fsp3) is 0.222. The molecule has 0 saturated heterocycles. The topological polar surface area (TPSA) is 12.0 Å². The Kier molecular flexibility index (Phi) is 4.06. The highest BCUT2D eigenvalue weighted by atomic mass is 14.9. The molecule has 19 heavy (non-hydrogen) atoms. The summed E-state index contributed by atoms with van der Waals surface area (Å²) >= 11 is 0. The van der Waals surface area contributed by atoms with Crippen molar-refractivity contribution in [1.29, 1.82) is 0 Å². The molecule has 0 aliphatic carbocycles. The first-order valence-electron chi connectivity index (χ1n) is 6.70. The predicted molar refractivity (Wildman–Crippen MR) is 84.7 cm³/mol. The lowest BCUT2D eigenvalue weighted by atomic mass is 10.00. The summed E-state index contributed by atoms with van der Waals surface area (Å²) in [6, 6.07) is 14.9. The number of benzene rings is 2. The van der Waals surface area contributed by atoms with E-state index >= 15 is 0 Å². The molecule has 0 aliphatic rings. The van der Waals surface area contributed by atoms with Gasteiger partial charge in [-0.25, -0.2) is 0 Å². The monoisotopic (exact) mass is 251 g/mol. The average Bonchev–Trinajstić information content (AvgIpc) is 2.43. The molecule has 98 valence electrons. The summed E-state index contributed by atoms with van der Waals surface area (Å²) in [4.78, 5) is 0. The molecule has 0 aromatic heterocycles. The second-order valence-corrected chi connectivity index (χ2v) is 5.18. The summed E-state index contributed by atoms with van der Waals surface area (Å²) in [6.45, 7) is 10.4. The van der Waals surface area contributed by atoms with Crippen LogP contribution in [0.2, 0.25) is 0 Å². The van der Waals surface area contributed by atoms with Crippen LogP contribution < -0.4 is 5.32 Å². The van der Waals surface area contributed by atoms with Crippen molar-refractivity contribution in [2.45, 2.75) is 20.8 Å². The van der Waals surface area contributed by atoms with Crippen LogP contribution in [-0.4, -0.2) is 0 Å². The van der Waals surface area contributed by atoms with Gasteiger partial charge >= 0.3 is 0 Å². The zero-order valence-corrected chi connectivity index (χ0v) is 11.9. The quantitative estimate of drug-likeness (QED) is 0.809. The summed E-state index contributed by atoms with van der Waals surface area (Å²) in [5.74, 6) is 0.441. The molecule has 2 aromatic rings. The summed E-state index contributed by atoms with van der Waals surface area (Å²) in [6.07, 6.45) is 2.05. The number of fused-ring (bicyclic) bond motifs is 1. The standard InChI is InChI=1S/C18H21N/c1-13(2)15(4)19-12-14(3)17-11-7-9-16-8-5-6-10-18(16)17/h5-13,19H,4H2,1-3H3/b14-12+. The van der Waals surface area contributed by atoms with E-state index in [1.165, 1.54) is 21.9 Å². The Morgan fingerprint density at radius 1 is 1.11 bits per heavy atom. The molecule has 1 heteroatoms. The van der Waals surface area contributed by atoms with Crippen LogP contribution in [0, 0.1) is 5.92 Å². The first kappa shape index (κ1) is 13.4. The van der Waals surface area contributed by atoms with Crippen molar-refractivity contribution >= 4 is 16.3 Å². The minimum Gasteiger partial charge on any atom is -0.365 e. The summed E-state index contributed by atoms with van der Waals surface area (Å²) in [5, 5.41) is 5.85. The second kappa shape index (κ2) is 5.75. The van der Waals surface area contributed by atoms with Crippen LogP contribution in [0.15, 0.2) is 60.9 Å². The Bertz CT molecular complexity index is 615. The van der Waals surface area contributed by atoms with E-state index in [4.69, 9.17) is 0 Å². The molecule has 0 saturated carbocycles. The lowest BCUT2D eigenvalue weighted by Gasteiger charge is -2.11. The van der Waals surface area contributed by atoms with Crippen molar-refractivity contribution < 1.29 is 0 Å². The van der Waals surface area contributed by atoms with Gasteiger partial charge in [0.2, 0.25) is 0 Å². The lowest BCUT2D eigenvalue weighted by molar-refractivity contribution is 0.719. The summed E-state index contributed by atoms with van der Waals surface area (Å²) < 4.78 is 0. The van der Waals surface area contributed by atoms with E-state index in [2.05, 4.69) is 75.1 Å². The van der Waals surface area contributed by atoms with Crippen molar-refractivity contribution in [1.82, 2.24) is 5.32 Å². The molecule has 0 bridgehead atoms. The van der Waals surface area contributed by atoms with E-state index in [-0.39, 0.29) is 0 Å². The highest BCUT2D eigenvalue weighted by Crippen LogP contribution is 2.24. The van der Waals surface area contributed by atoms with Gasteiger partial charge in [0, 0.05) is 11.9 Å². The van der Waals surface area contributed by atoms with Gasteiger partial charge in [-0.1, -0.05) is 62.9 Å². The zero-order chi connectivity index (χ0) is 13.8. The number of rotatable bonds is 4. The van der Waals surface area contributed by atoms with Gasteiger partial charge in [0.05, 0.1) is 0 Å². The third kappa shape index (κ3) is 3.05. The second-order valence-electron chi connectivity index (χ2n) is 5.18. The summed E-state index contributed by atoms with van der Waals surface area (Å²) in [5.41, 5.74) is 3.53. The van der Waals surface area contributed by atoms with Crippen LogP contribution in [-0.2, 0) is 0 Å². The largest absolute Gasteiger partial charge is 0.365 e. The van der Waals surface area contributed by atoms with E-state index in [1.54, 1.807) is 0 Å². The van der Waals surface area contributed by atoms with E-state index in [0.717, 1.165) is 5.70 Å². The molecule has 2 rings (SSSR count). The van der Waals surface area contributed by atoms with E-state index in [9.17, 15) is 0 Å². The van der Waals surface area contributed by atoms with Gasteiger partial charge in [-0.05, 0) is 34.8 Å². The summed E-state index contributed by atoms with van der Waals surface area (Å²) in [7, 11) is 0. The van der Waals surface area contributed by atoms with Crippen molar-refractivity contribution in [2.75, 3.05) is 0 Å². The Balaban J connectivity index is 2.34. The fourth-order valence-electron chi connectivity index (χ4n) is 2.01. The van der Waals surface area contributed by atoms with Crippen LogP contribution in [0.3, 0.4) is 0 Å². The third-order valence-electron chi connectivity index (χ3n) is 3.39. The number of allylic oxidation sites excluding steroid dienone is 2. The van der Waals surface area contributed by atoms with Crippen LogP contribution in [0.5, 0.6) is 0 Å². The fourth-order valence-corrected chi connectivity index (χ4v) is 2.01. The van der Waals surface area contributed by atoms with Gasteiger partial charge in [0.15, 0.2) is 0 Å². The zero-order valence-electron chi connectivity index (χ0n) is 11.9. The van der Waals surface area contributed by atoms with Gasteiger partial charge in [-0.3, -0.25) is 0 Å². The smallest absolute Gasteiger partial charge is 0.00993 e. The molecule has 0 fully saturated rings. The van der Waals surface area contributed by atoms with Gasteiger partial charge in [0.1, 0.15) is 0 Å². The van der Waals surface area contributed by atoms with Gasteiger partial charge < -0.3 is 5.32 Å². The molecule has 0 heterocycles. The molecule has 1 N–H and O–H groups in total. The maximum Gasteiger partial charge on any atom is 0.00993 e. The number of nitrogens with one attached hydrogen (secondary N) is 1. The number of hydrogen-bond acceptors (Lipinski definition) is 1. The Morgan fingerprint density at radius 3 is 2.53 bits per heavy atom. The van der Waals surface area contributed by atoms with E-state index in [1.807, 2.05) is 6.20 Å². The Hall–Kier alpha value is -2.02. The molecule has 0 atom stereocenters. The first-order chi connectivity index (χ1) is 9.09. The highest BCUT2D eigenvalue weighted by molar-refractivity contribution is 5.93. The van der Waals surface area contributed by atoms with E-state index in [0.29, 0.717) is 5.92 Å². The molecule has 2 aromatic carbocycles. The third-order valence-corrected chi connectivity index (χ3v) is 3.39. The van der Waals surface area contributed by atoms with Gasteiger partial charge in [-0.2, -0.15) is 0 Å². The molecule has 0 amide bonds. The first-order valence-corrected chi connectivity index (χ1v) is 6.70. The number of hydrogen-bond donors (Lipinski definition) is 1. The van der Waals surface area contributed by atoms with Crippen LogP contribution in [0.4, 0.5) is 0 Å². The van der Waals surface area contributed by atoms with Crippen molar-refractivity contribution in [3.8, 4) is 0 Å². The SMILES string of the molecule is C=C(N/C=C(\C)c1cccc2ccccc12)C(C)C. The van der Waals surface area contributed by atoms with Crippen LogP contribution in [0.25, 0.3) is 16.3 Å². The Morgan fingerprint density at radius 2 is 1.79 bits per heavy atom. The minimum atomic E-state index is 0.441. The maximum absolute atomic E-state index is 4.03.